The van der Waals surface area contributed by atoms with Crippen LogP contribution >= 0.6 is 0 Å². The van der Waals surface area contributed by atoms with Crippen LogP contribution in [0.4, 0.5) is 14.5 Å². The van der Waals surface area contributed by atoms with Crippen molar-refractivity contribution in [3.63, 3.8) is 0 Å². The van der Waals surface area contributed by atoms with Gasteiger partial charge in [-0.05, 0) is 42.8 Å². The highest BCUT2D eigenvalue weighted by atomic mass is 19.2. The van der Waals surface area contributed by atoms with Crippen LogP contribution in [0.2, 0.25) is 0 Å². The Bertz CT molecular complexity index is 641. The summed E-state index contributed by atoms with van der Waals surface area (Å²) in [5.41, 5.74) is 0.670. The van der Waals surface area contributed by atoms with E-state index in [-0.39, 0.29) is 11.3 Å². The largest absolute Gasteiger partial charge is 0.508 e. The van der Waals surface area contributed by atoms with Crippen molar-refractivity contribution in [3.05, 3.63) is 59.2 Å². The Labute approximate surface area is 108 Å². The van der Waals surface area contributed by atoms with Crippen molar-refractivity contribution in [2.24, 2.45) is 0 Å². The Morgan fingerprint density at radius 1 is 1.21 bits per heavy atom. The summed E-state index contributed by atoms with van der Waals surface area (Å²) in [4.78, 5) is 11.8. The summed E-state index contributed by atoms with van der Waals surface area (Å²) < 4.78 is 26.5. The summed E-state index contributed by atoms with van der Waals surface area (Å²) >= 11 is 0. The first-order chi connectivity index (χ1) is 8.99. The molecule has 0 aliphatic carbocycles. The molecular formula is C14H11F2NO2. The molecule has 0 spiro atoms. The third kappa shape index (κ3) is 2.70. The normalized spacial score (nSPS) is 10.3. The average Bonchev–Trinajstić information content (AvgIpc) is 2.36. The van der Waals surface area contributed by atoms with Crippen molar-refractivity contribution in [2.75, 3.05) is 5.32 Å². The number of anilines is 1. The molecule has 2 rings (SSSR count). The van der Waals surface area contributed by atoms with Crippen LogP contribution in [0.1, 0.15) is 15.9 Å². The molecule has 5 heteroatoms. The maximum Gasteiger partial charge on any atom is 0.258 e. The van der Waals surface area contributed by atoms with Crippen LogP contribution in [0.5, 0.6) is 5.75 Å². The maximum atomic E-state index is 13.4. The fourth-order valence-corrected chi connectivity index (χ4v) is 1.66. The average molecular weight is 263 g/mol. The molecule has 0 saturated heterocycles. The third-order valence-electron chi connectivity index (χ3n) is 2.65. The number of rotatable bonds is 2. The van der Waals surface area contributed by atoms with E-state index in [1.54, 1.807) is 6.92 Å². The fourth-order valence-electron chi connectivity index (χ4n) is 1.66. The lowest BCUT2D eigenvalue weighted by Gasteiger charge is -2.09. The van der Waals surface area contributed by atoms with Crippen LogP contribution in [-0.4, -0.2) is 11.0 Å². The lowest BCUT2D eigenvalue weighted by molar-refractivity contribution is 0.102. The van der Waals surface area contributed by atoms with Gasteiger partial charge in [0.25, 0.3) is 5.91 Å². The van der Waals surface area contributed by atoms with Crippen LogP contribution in [0.3, 0.4) is 0 Å². The van der Waals surface area contributed by atoms with E-state index in [1.165, 1.54) is 30.3 Å². The van der Waals surface area contributed by atoms with E-state index >= 15 is 0 Å². The SMILES string of the molecule is Cc1cc(O)ccc1NC(=O)c1cccc(F)c1F. The van der Waals surface area contributed by atoms with Gasteiger partial charge < -0.3 is 10.4 Å². The van der Waals surface area contributed by atoms with E-state index in [2.05, 4.69) is 5.32 Å². The Morgan fingerprint density at radius 3 is 2.63 bits per heavy atom. The Balaban J connectivity index is 2.28. The number of carbonyl (C=O) groups is 1. The van der Waals surface area contributed by atoms with Gasteiger partial charge in [-0.3, -0.25) is 4.79 Å². The van der Waals surface area contributed by atoms with Crippen LogP contribution in [0.15, 0.2) is 36.4 Å². The molecule has 2 N–H and O–H groups in total. The highest BCUT2D eigenvalue weighted by Crippen LogP contribution is 2.21. The number of aryl methyl sites for hydroxylation is 1. The zero-order valence-electron chi connectivity index (χ0n) is 10.1. The van der Waals surface area contributed by atoms with Crippen molar-refractivity contribution < 1.29 is 18.7 Å². The molecule has 3 nitrogen and oxygen atoms in total. The van der Waals surface area contributed by atoms with E-state index in [0.29, 0.717) is 11.3 Å². The molecule has 0 aliphatic heterocycles. The minimum atomic E-state index is -1.18. The van der Waals surface area contributed by atoms with E-state index in [1.807, 2.05) is 0 Å². The number of hydrogen-bond acceptors (Lipinski definition) is 2. The standard InChI is InChI=1S/C14H11F2NO2/c1-8-7-9(18)5-6-12(8)17-14(19)10-3-2-4-11(15)13(10)16/h2-7,18H,1H3,(H,17,19). The number of benzene rings is 2. The van der Waals surface area contributed by atoms with E-state index in [9.17, 15) is 18.7 Å². The number of carbonyl (C=O) groups excluding carboxylic acids is 1. The molecule has 2 aromatic rings. The van der Waals surface area contributed by atoms with Crippen LogP contribution in [0.25, 0.3) is 0 Å². The lowest BCUT2D eigenvalue weighted by Crippen LogP contribution is -2.15. The lowest BCUT2D eigenvalue weighted by atomic mass is 10.1. The predicted molar refractivity (Wildman–Crippen MR) is 67.2 cm³/mol. The zero-order chi connectivity index (χ0) is 14.0. The van der Waals surface area contributed by atoms with Crippen molar-refractivity contribution in [3.8, 4) is 5.75 Å². The second-order valence-electron chi connectivity index (χ2n) is 4.05. The van der Waals surface area contributed by atoms with Crippen LogP contribution in [-0.2, 0) is 0 Å². The van der Waals surface area contributed by atoms with Crippen molar-refractivity contribution in [1.82, 2.24) is 0 Å². The van der Waals surface area contributed by atoms with Crippen LogP contribution < -0.4 is 5.32 Å². The van der Waals surface area contributed by atoms with Gasteiger partial charge in [-0.1, -0.05) is 6.07 Å². The number of phenols is 1. The first-order valence-electron chi connectivity index (χ1n) is 5.54. The number of amides is 1. The topological polar surface area (TPSA) is 49.3 Å². The summed E-state index contributed by atoms with van der Waals surface area (Å²) in [6, 6.07) is 7.74. The molecule has 2 aromatic carbocycles. The monoisotopic (exact) mass is 263 g/mol. The van der Waals surface area contributed by atoms with Crippen LogP contribution in [0, 0.1) is 18.6 Å². The minimum Gasteiger partial charge on any atom is -0.508 e. The highest BCUT2D eigenvalue weighted by molar-refractivity contribution is 6.04. The molecule has 0 atom stereocenters. The number of phenolic OH excluding ortho intramolecular Hbond substituents is 1. The molecular weight excluding hydrogens is 252 g/mol. The minimum absolute atomic E-state index is 0.0624. The number of halogens is 2. The quantitative estimate of drug-likeness (QED) is 0.817. The summed E-state index contributed by atoms with van der Waals surface area (Å²) in [5.74, 6) is -2.94. The van der Waals surface area contributed by atoms with Gasteiger partial charge in [-0.15, -0.1) is 0 Å². The number of nitrogens with one attached hydrogen (secondary N) is 1. The molecule has 0 heterocycles. The van der Waals surface area contributed by atoms with E-state index < -0.39 is 17.5 Å². The molecule has 0 fully saturated rings. The summed E-state index contributed by atoms with van der Waals surface area (Å²) in [6.45, 7) is 1.68. The summed E-state index contributed by atoms with van der Waals surface area (Å²) in [5, 5.41) is 11.7. The second kappa shape index (κ2) is 5.06. The number of hydrogen-bond donors (Lipinski definition) is 2. The molecule has 0 bridgehead atoms. The Hall–Kier alpha value is -2.43. The summed E-state index contributed by atoms with van der Waals surface area (Å²) in [6.07, 6.45) is 0. The maximum absolute atomic E-state index is 13.4. The smallest absolute Gasteiger partial charge is 0.258 e. The predicted octanol–water partition coefficient (Wildman–Crippen LogP) is 3.23. The molecule has 0 unspecified atom stereocenters. The third-order valence-corrected chi connectivity index (χ3v) is 2.65. The first-order valence-corrected chi connectivity index (χ1v) is 5.54. The molecule has 98 valence electrons. The molecule has 0 aliphatic rings. The van der Waals surface area contributed by atoms with Gasteiger partial charge in [-0.2, -0.15) is 0 Å². The van der Waals surface area contributed by atoms with Gasteiger partial charge in [0.1, 0.15) is 5.75 Å². The van der Waals surface area contributed by atoms with Crippen molar-refractivity contribution in [1.29, 1.82) is 0 Å². The Morgan fingerprint density at radius 2 is 1.95 bits per heavy atom. The fraction of sp³-hybridized carbons (Fsp3) is 0.0714. The van der Waals surface area contributed by atoms with Gasteiger partial charge in [0, 0.05) is 5.69 Å². The van der Waals surface area contributed by atoms with E-state index in [0.717, 1.165) is 6.07 Å². The molecule has 0 saturated carbocycles. The van der Waals surface area contributed by atoms with Crippen molar-refractivity contribution >= 4 is 11.6 Å². The first kappa shape index (κ1) is 13.0. The molecule has 1 amide bonds. The van der Waals surface area contributed by atoms with Gasteiger partial charge >= 0.3 is 0 Å². The molecule has 0 aromatic heterocycles. The number of aromatic hydroxyl groups is 1. The van der Waals surface area contributed by atoms with Gasteiger partial charge in [0.15, 0.2) is 11.6 Å². The van der Waals surface area contributed by atoms with Gasteiger partial charge in [0.05, 0.1) is 5.56 Å². The molecule has 19 heavy (non-hydrogen) atoms. The second-order valence-corrected chi connectivity index (χ2v) is 4.05. The zero-order valence-corrected chi connectivity index (χ0v) is 10.1. The van der Waals surface area contributed by atoms with Crippen molar-refractivity contribution in [2.45, 2.75) is 6.92 Å². The molecule has 0 radical (unpaired) electrons. The highest BCUT2D eigenvalue weighted by Gasteiger charge is 2.15. The summed E-state index contributed by atoms with van der Waals surface area (Å²) in [7, 11) is 0. The van der Waals surface area contributed by atoms with Gasteiger partial charge in [0.2, 0.25) is 0 Å². The Kier molecular flexibility index (Phi) is 3.46. The van der Waals surface area contributed by atoms with Gasteiger partial charge in [-0.25, -0.2) is 8.78 Å². The van der Waals surface area contributed by atoms with E-state index in [4.69, 9.17) is 0 Å².